The zero-order valence-corrected chi connectivity index (χ0v) is 27.5. The molecule has 7 heteroatoms. The van der Waals surface area contributed by atoms with Crippen molar-refractivity contribution in [1.29, 1.82) is 0 Å². The summed E-state index contributed by atoms with van der Waals surface area (Å²) in [5.74, 6) is 1.69. The topological polar surface area (TPSA) is 98.2 Å². The molecule has 1 aromatic rings. The highest BCUT2D eigenvalue weighted by Gasteiger charge is 2.71. The number of carbonyl (C=O) groups is 3. The van der Waals surface area contributed by atoms with Crippen LogP contribution in [-0.2, 0) is 19.1 Å². The molecule has 1 amide bonds. The van der Waals surface area contributed by atoms with E-state index in [0.717, 1.165) is 56.1 Å². The Bertz CT molecular complexity index is 1370. The molecule has 5 aliphatic rings. The van der Waals surface area contributed by atoms with Crippen molar-refractivity contribution in [2.24, 2.45) is 50.7 Å². The molecule has 0 aliphatic heterocycles. The van der Waals surface area contributed by atoms with E-state index >= 15 is 0 Å². The van der Waals surface area contributed by atoms with Gasteiger partial charge in [-0.05, 0) is 108 Å². The van der Waals surface area contributed by atoms with Gasteiger partial charge in [0, 0.05) is 25.0 Å². The van der Waals surface area contributed by atoms with Gasteiger partial charge in [-0.3, -0.25) is 14.4 Å². The molecule has 0 radical (unpaired) electrons. The summed E-state index contributed by atoms with van der Waals surface area (Å²) in [6.07, 6.45) is 11.3. The molecule has 0 aromatic carbocycles. The summed E-state index contributed by atoms with van der Waals surface area (Å²) in [7, 11) is 0. The Labute approximate surface area is 257 Å². The zero-order chi connectivity index (χ0) is 31.2. The summed E-state index contributed by atoms with van der Waals surface area (Å²) in [6, 6.07) is 1.72. The monoisotopic (exact) mass is 589 g/mol. The van der Waals surface area contributed by atoms with Gasteiger partial charge >= 0.3 is 5.97 Å². The second-order valence-electron chi connectivity index (χ2n) is 16.3. The van der Waals surface area contributed by atoms with Crippen LogP contribution in [0, 0.1) is 50.7 Å². The van der Waals surface area contributed by atoms with Gasteiger partial charge in [0.2, 0.25) is 5.91 Å². The summed E-state index contributed by atoms with van der Waals surface area (Å²) in [4.78, 5) is 48.3. The van der Waals surface area contributed by atoms with Crippen molar-refractivity contribution in [3.05, 3.63) is 29.7 Å². The molecule has 4 saturated carbocycles. The molecule has 0 bridgehead atoms. The summed E-state index contributed by atoms with van der Waals surface area (Å²) in [5, 5.41) is 3.09. The van der Waals surface area contributed by atoms with E-state index in [1.54, 1.807) is 12.3 Å². The Kier molecular flexibility index (Phi) is 7.06. The van der Waals surface area contributed by atoms with Crippen LogP contribution < -0.4 is 5.32 Å². The normalized spacial score (nSPS) is 41.6. The van der Waals surface area contributed by atoms with Gasteiger partial charge < -0.3 is 10.1 Å². The third kappa shape index (κ3) is 4.15. The predicted molar refractivity (Wildman–Crippen MR) is 166 cm³/mol. The number of carbonyl (C=O) groups excluding carboxylic acids is 3. The number of hydrogen-bond acceptors (Lipinski definition) is 6. The van der Waals surface area contributed by atoms with Crippen LogP contribution in [-0.4, -0.2) is 33.7 Å². The minimum absolute atomic E-state index is 0.0143. The molecule has 1 heterocycles. The number of allylic oxidation sites excluding steroid dienone is 1. The van der Waals surface area contributed by atoms with Gasteiger partial charge in [0.25, 0.3) is 0 Å². The van der Waals surface area contributed by atoms with Crippen LogP contribution in [0.4, 0.5) is 5.82 Å². The number of fused-ring (bicyclic) bond motifs is 7. The van der Waals surface area contributed by atoms with Crippen molar-refractivity contribution in [1.82, 2.24) is 9.97 Å². The number of Topliss-reactive ketones (excluding diaryl/α,β-unsaturated/α-hetero) is 1. The van der Waals surface area contributed by atoms with Gasteiger partial charge in [-0.25, -0.2) is 9.97 Å². The second kappa shape index (κ2) is 9.97. The van der Waals surface area contributed by atoms with Crippen LogP contribution in [0.2, 0.25) is 0 Å². The number of rotatable bonds is 4. The Balaban J connectivity index is 1.39. The molecule has 1 aromatic heterocycles. The molecule has 4 fully saturated rings. The van der Waals surface area contributed by atoms with Crippen molar-refractivity contribution >= 4 is 23.5 Å². The maximum atomic E-state index is 14.2. The van der Waals surface area contributed by atoms with Crippen molar-refractivity contribution in [2.75, 3.05) is 5.32 Å². The Morgan fingerprint density at radius 1 is 0.953 bits per heavy atom. The molecular formula is C36H51N3O4. The van der Waals surface area contributed by atoms with E-state index in [9.17, 15) is 14.4 Å². The van der Waals surface area contributed by atoms with Crippen molar-refractivity contribution in [3.8, 4) is 0 Å². The highest BCUT2D eigenvalue weighted by molar-refractivity contribution is 6.09. The van der Waals surface area contributed by atoms with Gasteiger partial charge in [-0.1, -0.05) is 48.5 Å². The highest BCUT2D eigenvalue weighted by Crippen LogP contribution is 2.76. The molecule has 0 spiro atoms. The fourth-order valence-electron chi connectivity index (χ4n) is 11.9. The van der Waals surface area contributed by atoms with E-state index in [4.69, 9.17) is 4.74 Å². The minimum Gasteiger partial charge on any atom is -0.462 e. The number of amides is 1. The first-order valence-electron chi connectivity index (χ1n) is 16.6. The largest absolute Gasteiger partial charge is 0.462 e. The van der Waals surface area contributed by atoms with Crippen molar-refractivity contribution in [3.63, 3.8) is 0 Å². The predicted octanol–water partition coefficient (Wildman–Crippen LogP) is 7.33. The Morgan fingerprint density at radius 3 is 2.35 bits per heavy atom. The van der Waals surface area contributed by atoms with E-state index in [1.807, 2.05) is 0 Å². The van der Waals surface area contributed by atoms with E-state index in [2.05, 4.69) is 63.8 Å². The number of hydrogen-bond donors (Lipinski definition) is 1. The lowest BCUT2D eigenvalue weighted by molar-refractivity contribution is -0.232. The second-order valence-corrected chi connectivity index (χ2v) is 16.3. The fourth-order valence-corrected chi connectivity index (χ4v) is 11.9. The number of anilines is 1. The lowest BCUT2D eigenvalue weighted by Crippen LogP contribution is -2.66. The lowest BCUT2D eigenvalue weighted by Gasteiger charge is -2.72. The molecule has 6 rings (SSSR count). The van der Waals surface area contributed by atoms with Gasteiger partial charge in [0.05, 0.1) is 5.41 Å². The number of ether oxygens (including phenoxy) is 1. The molecule has 234 valence electrons. The van der Waals surface area contributed by atoms with E-state index in [0.29, 0.717) is 24.1 Å². The van der Waals surface area contributed by atoms with Crippen LogP contribution in [0.1, 0.15) is 113 Å². The molecule has 5 aliphatic carbocycles. The third-order valence-corrected chi connectivity index (χ3v) is 13.9. The van der Waals surface area contributed by atoms with Crippen molar-refractivity contribution < 1.29 is 19.1 Å². The summed E-state index contributed by atoms with van der Waals surface area (Å²) >= 11 is 0. The maximum Gasteiger partial charge on any atom is 0.302 e. The molecule has 8 atom stereocenters. The first kappa shape index (κ1) is 30.5. The average molecular weight is 590 g/mol. The van der Waals surface area contributed by atoms with Crippen LogP contribution in [0.5, 0.6) is 0 Å². The average Bonchev–Trinajstić information content (AvgIpc) is 3.24. The summed E-state index contributed by atoms with van der Waals surface area (Å²) in [6.45, 7) is 18.0. The Hall–Kier alpha value is -2.57. The number of ketones is 1. The van der Waals surface area contributed by atoms with Crippen LogP contribution >= 0.6 is 0 Å². The van der Waals surface area contributed by atoms with Crippen LogP contribution in [0.15, 0.2) is 29.7 Å². The molecule has 2 unspecified atom stereocenters. The first-order valence-corrected chi connectivity index (χ1v) is 16.6. The van der Waals surface area contributed by atoms with Crippen LogP contribution in [0.25, 0.3) is 0 Å². The summed E-state index contributed by atoms with van der Waals surface area (Å²) in [5.41, 5.74) is 1.41. The van der Waals surface area contributed by atoms with Gasteiger partial charge in [-0.2, -0.15) is 0 Å². The van der Waals surface area contributed by atoms with Gasteiger partial charge in [0.15, 0.2) is 5.78 Å². The maximum absolute atomic E-state index is 14.2. The standard InChI is InChI=1S/C36H51N3O4/c1-21(2)29-24(41)19-36(31(42)39-28-13-18-37-20-38-28)17-16-34(7)23(30(29)36)9-10-26-33(6)14-12-27(43-22(3)40)32(4,5)25(33)11-15-35(26,34)8/h13,18,20-21,23,25-27H,9-12,14-17,19H2,1-8H3,(H,37,38,39,42)/t23-,25?,26?,27+,33+,34-,35-,36-/m1/s1. The summed E-state index contributed by atoms with van der Waals surface area (Å²) < 4.78 is 5.91. The first-order chi connectivity index (χ1) is 20.1. The Morgan fingerprint density at radius 2 is 1.70 bits per heavy atom. The quantitative estimate of drug-likeness (QED) is 0.369. The molecule has 1 N–H and O–H groups in total. The van der Waals surface area contributed by atoms with E-state index in [1.165, 1.54) is 13.3 Å². The van der Waals surface area contributed by atoms with Crippen molar-refractivity contribution in [2.45, 2.75) is 119 Å². The highest BCUT2D eigenvalue weighted by atomic mass is 16.5. The molecule has 0 saturated heterocycles. The van der Waals surface area contributed by atoms with Gasteiger partial charge in [0.1, 0.15) is 18.2 Å². The van der Waals surface area contributed by atoms with E-state index in [-0.39, 0.29) is 63.7 Å². The fraction of sp³-hybridized carbons (Fsp3) is 0.750. The molecule has 43 heavy (non-hydrogen) atoms. The smallest absolute Gasteiger partial charge is 0.302 e. The minimum atomic E-state index is -0.805. The van der Waals surface area contributed by atoms with Crippen LogP contribution in [0.3, 0.4) is 0 Å². The molecule has 7 nitrogen and oxygen atoms in total. The number of esters is 1. The van der Waals surface area contributed by atoms with Gasteiger partial charge in [-0.15, -0.1) is 0 Å². The lowest BCUT2D eigenvalue weighted by atomic mass is 9.33. The number of nitrogens with zero attached hydrogens (tertiary/aromatic N) is 2. The zero-order valence-electron chi connectivity index (χ0n) is 27.5. The number of nitrogens with one attached hydrogen (secondary N) is 1. The third-order valence-electron chi connectivity index (χ3n) is 13.9. The number of aromatic nitrogens is 2. The molecular weight excluding hydrogens is 538 g/mol. The SMILES string of the molecule is CC(=O)O[C@H]1CC[C@@]2(C)C(CC[C@]3(C)C2CC[C@@H]2C4=C(C(C)C)C(=O)C[C@]4(C(=O)Nc4ccncn4)CC[C@]23C)C1(C)C. The van der Waals surface area contributed by atoms with E-state index < -0.39 is 5.41 Å².